The Hall–Kier alpha value is -2.90. The van der Waals surface area contributed by atoms with Crippen LogP contribution in [0.5, 0.6) is 0 Å². The summed E-state index contributed by atoms with van der Waals surface area (Å²) >= 11 is 0. The molecule has 2 amide bonds. The number of rotatable bonds is 1. The first-order chi connectivity index (χ1) is 10.0. The summed E-state index contributed by atoms with van der Waals surface area (Å²) in [6, 6.07) is 2.36. The molecule has 0 radical (unpaired) electrons. The summed E-state index contributed by atoms with van der Waals surface area (Å²) < 4.78 is 2.26. The van der Waals surface area contributed by atoms with Gasteiger partial charge in [-0.2, -0.15) is 0 Å². The summed E-state index contributed by atoms with van der Waals surface area (Å²) in [6.45, 7) is 0. The van der Waals surface area contributed by atoms with E-state index < -0.39 is 23.3 Å². The third kappa shape index (κ3) is 1.92. The minimum atomic E-state index is -0.645. The maximum Gasteiger partial charge on any atom is 0.332 e. The van der Waals surface area contributed by atoms with Crippen LogP contribution in [0.1, 0.15) is 17.2 Å². The molecule has 108 valence electrons. The van der Waals surface area contributed by atoms with Crippen LogP contribution in [0, 0.1) is 0 Å². The average molecular weight is 287 g/mol. The summed E-state index contributed by atoms with van der Waals surface area (Å²) in [5, 5.41) is 5.20. The molecule has 2 N–H and O–H groups in total. The number of nitrogens with zero attached hydrogens (tertiary/aromatic N) is 3. The monoisotopic (exact) mass is 287 g/mol. The van der Waals surface area contributed by atoms with E-state index in [0.717, 1.165) is 4.57 Å². The van der Waals surface area contributed by atoms with Gasteiger partial charge in [0.15, 0.2) is 0 Å². The second-order valence-electron chi connectivity index (χ2n) is 4.79. The maximum atomic E-state index is 12.4. The third-order valence-electron chi connectivity index (χ3n) is 3.51. The Morgan fingerprint density at radius 2 is 1.95 bits per heavy atom. The highest BCUT2D eigenvalue weighted by atomic mass is 16.2. The van der Waals surface area contributed by atoms with Crippen molar-refractivity contribution in [2.45, 2.75) is 6.04 Å². The van der Waals surface area contributed by atoms with Gasteiger partial charge in [0.1, 0.15) is 5.82 Å². The zero-order valence-electron chi connectivity index (χ0n) is 11.5. The van der Waals surface area contributed by atoms with Crippen LogP contribution in [0.15, 0.2) is 34.1 Å². The fourth-order valence-electron chi connectivity index (χ4n) is 2.43. The minimum Gasteiger partial charge on any atom is -0.326 e. The van der Waals surface area contributed by atoms with Crippen LogP contribution in [0.2, 0.25) is 0 Å². The Morgan fingerprint density at radius 1 is 1.19 bits per heavy atom. The van der Waals surface area contributed by atoms with E-state index in [1.165, 1.54) is 18.7 Å². The van der Waals surface area contributed by atoms with Crippen molar-refractivity contribution >= 4 is 11.8 Å². The molecule has 0 saturated heterocycles. The molecule has 8 heteroatoms. The van der Waals surface area contributed by atoms with Crippen molar-refractivity contribution in [1.29, 1.82) is 0 Å². The maximum absolute atomic E-state index is 12.4. The van der Waals surface area contributed by atoms with E-state index >= 15 is 0 Å². The van der Waals surface area contributed by atoms with Crippen molar-refractivity contribution in [2.75, 3.05) is 5.32 Å². The third-order valence-corrected chi connectivity index (χ3v) is 3.51. The summed E-state index contributed by atoms with van der Waals surface area (Å²) in [5.41, 5.74) is 0.0388. The summed E-state index contributed by atoms with van der Waals surface area (Å²) in [7, 11) is 2.91. The topological polar surface area (TPSA) is 98.0 Å². The van der Waals surface area contributed by atoms with E-state index in [1.807, 2.05) is 0 Å². The first-order valence-corrected chi connectivity index (χ1v) is 6.28. The average Bonchev–Trinajstić information content (AvgIpc) is 2.51. The zero-order valence-corrected chi connectivity index (χ0v) is 11.5. The van der Waals surface area contributed by atoms with Gasteiger partial charge in [0, 0.05) is 26.5 Å². The van der Waals surface area contributed by atoms with Crippen LogP contribution in [0.4, 0.5) is 10.6 Å². The summed E-state index contributed by atoms with van der Waals surface area (Å²) in [5.74, 6) is 0.209. The van der Waals surface area contributed by atoms with Gasteiger partial charge in [0.05, 0.1) is 11.6 Å². The summed E-state index contributed by atoms with van der Waals surface area (Å²) in [6.07, 6.45) is 3.18. The first-order valence-electron chi connectivity index (χ1n) is 6.28. The fraction of sp³-hybridized carbons (Fsp3) is 0.231. The van der Waals surface area contributed by atoms with Gasteiger partial charge in [-0.25, -0.2) is 9.59 Å². The number of carbonyl (C=O) groups excluding carboxylic acids is 1. The predicted octanol–water partition coefficient (Wildman–Crippen LogP) is -0.297. The fourth-order valence-corrected chi connectivity index (χ4v) is 2.43. The van der Waals surface area contributed by atoms with Gasteiger partial charge in [-0.15, -0.1) is 0 Å². The molecule has 1 aliphatic heterocycles. The number of urea groups is 1. The molecule has 0 saturated carbocycles. The molecule has 2 aromatic heterocycles. The number of aromatic nitrogens is 3. The van der Waals surface area contributed by atoms with Crippen LogP contribution in [0.3, 0.4) is 0 Å². The Labute approximate surface area is 119 Å². The SMILES string of the molecule is Cn1c2c(c(=O)n(C)c1=O)C(c1cccnc1)NC(=O)N2. The van der Waals surface area contributed by atoms with Crippen molar-refractivity contribution in [1.82, 2.24) is 19.4 Å². The van der Waals surface area contributed by atoms with Gasteiger partial charge in [0.25, 0.3) is 5.56 Å². The van der Waals surface area contributed by atoms with Crippen LogP contribution in [-0.4, -0.2) is 20.1 Å². The standard InChI is InChI=1S/C13H13N5O3/c1-17-10-8(11(19)18(2)13(17)21)9(15-12(20)16-10)7-4-3-5-14-6-7/h3-6,9H,1-2H3,(H2,15,16,20). The molecular weight excluding hydrogens is 274 g/mol. The highest BCUT2D eigenvalue weighted by Gasteiger charge is 2.31. The molecular formula is C13H13N5O3. The molecule has 1 aliphatic rings. The second kappa shape index (κ2) is 4.58. The number of carbonyl (C=O) groups is 1. The molecule has 1 atom stereocenters. The lowest BCUT2D eigenvalue weighted by Crippen LogP contribution is -2.49. The Balaban J connectivity index is 2.33. The molecule has 0 spiro atoms. The van der Waals surface area contributed by atoms with Crippen molar-refractivity contribution in [3.8, 4) is 0 Å². The second-order valence-corrected chi connectivity index (χ2v) is 4.79. The van der Waals surface area contributed by atoms with Crippen molar-refractivity contribution in [2.24, 2.45) is 14.1 Å². The molecule has 3 heterocycles. The molecule has 0 aliphatic carbocycles. The smallest absolute Gasteiger partial charge is 0.326 e. The lowest BCUT2D eigenvalue weighted by molar-refractivity contribution is 0.248. The molecule has 8 nitrogen and oxygen atoms in total. The van der Waals surface area contributed by atoms with Gasteiger partial charge < -0.3 is 5.32 Å². The van der Waals surface area contributed by atoms with E-state index in [0.29, 0.717) is 11.1 Å². The van der Waals surface area contributed by atoms with Gasteiger partial charge in [-0.3, -0.25) is 24.2 Å². The Morgan fingerprint density at radius 3 is 2.62 bits per heavy atom. The molecule has 0 aromatic carbocycles. The van der Waals surface area contributed by atoms with E-state index in [-0.39, 0.29) is 5.82 Å². The van der Waals surface area contributed by atoms with E-state index in [2.05, 4.69) is 15.6 Å². The molecule has 0 bridgehead atoms. The van der Waals surface area contributed by atoms with Gasteiger partial charge >= 0.3 is 11.7 Å². The quantitative estimate of drug-likeness (QED) is 0.752. The molecule has 2 aromatic rings. The normalized spacial score (nSPS) is 16.9. The number of anilines is 1. The molecule has 21 heavy (non-hydrogen) atoms. The Kier molecular flexibility index (Phi) is 2.86. The molecule has 0 fully saturated rings. The number of nitrogens with one attached hydrogen (secondary N) is 2. The van der Waals surface area contributed by atoms with Gasteiger partial charge in [0.2, 0.25) is 0 Å². The summed E-state index contributed by atoms with van der Waals surface area (Å²) in [4.78, 5) is 40.2. The highest BCUT2D eigenvalue weighted by molar-refractivity contribution is 5.92. The molecule has 1 unspecified atom stereocenters. The van der Waals surface area contributed by atoms with Crippen LogP contribution in [0.25, 0.3) is 0 Å². The highest BCUT2D eigenvalue weighted by Crippen LogP contribution is 2.27. The van der Waals surface area contributed by atoms with Crippen molar-refractivity contribution in [3.05, 3.63) is 56.5 Å². The lowest BCUT2D eigenvalue weighted by atomic mass is 10.00. The van der Waals surface area contributed by atoms with E-state index in [9.17, 15) is 14.4 Å². The number of fused-ring (bicyclic) bond motifs is 1. The zero-order chi connectivity index (χ0) is 15.1. The van der Waals surface area contributed by atoms with Crippen molar-refractivity contribution < 1.29 is 4.79 Å². The van der Waals surface area contributed by atoms with Gasteiger partial charge in [-0.05, 0) is 11.6 Å². The van der Waals surface area contributed by atoms with E-state index in [4.69, 9.17) is 0 Å². The number of hydrogen-bond donors (Lipinski definition) is 2. The lowest BCUT2D eigenvalue weighted by Gasteiger charge is -2.28. The molecule has 3 rings (SSSR count). The number of hydrogen-bond acceptors (Lipinski definition) is 4. The Bertz CT molecular complexity index is 837. The minimum absolute atomic E-state index is 0.209. The van der Waals surface area contributed by atoms with E-state index in [1.54, 1.807) is 24.5 Å². The predicted molar refractivity (Wildman–Crippen MR) is 75.2 cm³/mol. The number of amides is 2. The van der Waals surface area contributed by atoms with Crippen molar-refractivity contribution in [3.63, 3.8) is 0 Å². The van der Waals surface area contributed by atoms with Crippen LogP contribution in [-0.2, 0) is 14.1 Å². The first kappa shape index (κ1) is 13.1. The van der Waals surface area contributed by atoms with Crippen LogP contribution >= 0.6 is 0 Å². The van der Waals surface area contributed by atoms with Crippen LogP contribution < -0.4 is 21.9 Å². The largest absolute Gasteiger partial charge is 0.332 e. The number of pyridine rings is 1. The van der Waals surface area contributed by atoms with Gasteiger partial charge in [-0.1, -0.05) is 6.07 Å².